The Morgan fingerprint density at radius 1 is 1.00 bits per heavy atom. The lowest BCUT2D eigenvalue weighted by Gasteiger charge is -2.10. The number of aromatic nitrogens is 1. The highest BCUT2D eigenvalue weighted by molar-refractivity contribution is 5.84. The zero-order valence-corrected chi connectivity index (χ0v) is 19.4. The molecule has 0 aliphatic heterocycles. The van der Waals surface area contributed by atoms with E-state index in [2.05, 4.69) is 34.2 Å². The van der Waals surface area contributed by atoms with Gasteiger partial charge in [-0.15, -0.1) is 0 Å². The molecule has 0 bridgehead atoms. The number of benzene rings is 2. The maximum Gasteiger partial charge on any atom is 0.240 e. The van der Waals surface area contributed by atoms with Gasteiger partial charge in [0.25, 0.3) is 0 Å². The number of rotatable bonds is 9. The zero-order valence-electron chi connectivity index (χ0n) is 19.4. The first-order valence-corrected chi connectivity index (χ1v) is 10.7. The van der Waals surface area contributed by atoms with E-state index in [0.29, 0.717) is 6.42 Å². The monoisotopic (exact) mass is 433 g/mol. The van der Waals surface area contributed by atoms with E-state index in [1.165, 1.54) is 11.1 Å². The predicted octanol–water partition coefficient (Wildman–Crippen LogP) is 4.89. The smallest absolute Gasteiger partial charge is 0.240 e. The molecule has 168 valence electrons. The minimum atomic E-state index is -0.0867. The van der Waals surface area contributed by atoms with Crippen LogP contribution in [0.3, 0.4) is 0 Å². The van der Waals surface area contributed by atoms with E-state index in [4.69, 9.17) is 9.47 Å². The third kappa shape index (κ3) is 5.58. The lowest BCUT2D eigenvalue weighted by Crippen LogP contribution is -2.17. The second-order valence-electron chi connectivity index (χ2n) is 7.80. The number of hydrazone groups is 1. The lowest BCUT2D eigenvalue weighted by molar-refractivity contribution is -0.121. The molecule has 6 nitrogen and oxygen atoms in total. The number of hydrogen-bond donors (Lipinski definition) is 1. The molecule has 3 aromatic rings. The van der Waals surface area contributed by atoms with Crippen molar-refractivity contribution in [2.75, 3.05) is 14.2 Å². The Kier molecular flexibility index (Phi) is 7.71. The number of methoxy groups -OCH3 is 2. The van der Waals surface area contributed by atoms with Gasteiger partial charge in [-0.3, -0.25) is 4.79 Å². The quantitative estimate of drug-likeness (QED) is 0.386. The van der Waals surface area contributed by atoms with E-state index in [9.17, 15) is 4.79 Å². The molecule has 0 saturated heterocycles. The Labute approximate surface area is 189 Å². The van der Waals surface area contributed by atoms with Crippen molar-refractivity contribution in [2.24, 2.45) is 5.10 Å². The average molecular weight is 434 g/mol. The number of hydrogen-bond acceptors (Lipinski definition) is 4. The van der Waals surface area contributed by atoms with Gasteiger partial charge in [0.05, 0.1) is 20.4 Å². The van der Waals surface area contributed by atoms with E-state index in [-0.39, 0.29) is 5.91 Å². The van der Waals surface area contributed by atoms with Crippen LogP contribution < -0.4 is 14.9 Å². The first-order valence-electron chi connectivity index (χ1n) is 10.7. The minimum absolute atomic E-state index is 0.0867. The highest BCUT2D eigenvalue weighted by Crippen LogP contribution is 2.22. The highest BCUT2D eigenvalue weighted by Gasteiger charge is 2.10. The molecule has 0 atom stereocenters. The van der Waals surface area contributed by atoms with Crippen LogP contribution in [0.1, 0.15) is 40.9 Å². The highest BCUT2D eigenvalue weighted by atomic mass is 16.5. The molecule has 32 heavy (non-hydrogen) atoms. The van der Waals surface area contributed by atoms with Crippen LogP contribution >= 0.6 is 0 Å². The summed E-state index contributed by atoms with van der Waals surface area (Å²) in [4.78, 5) is 12.2. The second-order valence-corrected chi connectivity index (χ2v) is 7.80. The Hall–Kier alpha value is -3.54. The van der Waals surface area contributed by atoms with Crippen LogP contribution in [0.15, 0.2) is 53.6 Å². The van der Waals surface area contributed by atoms with Gasteiger partial charge in [-0.1, -0.05) is 6.07 Å². The SMILES string of the molecule is COc1ccc(-n2c(C)cc(/C=N\NC(=O)CCCc3ccc(OC)cc3C)c2C)cc1. The molecular formula is C26H31N3O3. The fourth-order valence-electron chi connectivity index (χ4n) is 3.79. The third-order valence-corrected chi connectivity index (χ3v) is 5.59. The molecule has 0 aliphatic carbocycles. The van der Waals surface area contributed by atoms with Crippen molar-refractivity contribution < 1.29 is 14.3 Å². The van der Waals surface area contributed by atoms with E-state index in [0.717, 1.165) is 47.0 Å². The molecule has 2 aromatic carbocycles. The molecule has 0 unspecified atom stereocenters. The fraction of sp³-hybridized carbons (Fsp3) is 0.308. The molecule has 6 heteroatoms. The van der Waals surface area contributed by atoms with Crippen molar-refractivity contribution in [3.05, 3.63) is 76.6 Å². The number of carbonyl (C=O) groups is 1. The number of carbonyl (C=O) groups excluding carboxylic acids is 1. The summed E-state index contributed by atoms with van der Waals surface area (Å²) in [5.74, 6) is 1.59. The Morgan fingerprint density at radius 2 is 1.69 bits per heavy atom. The van der Waals surface area contributed by atoms with Crippen LogP contribution in [0.25, 0.3) is 5.69 Å². The Bertz CT molecular complexity index is 1100. The largest absolute Gasteiger partial charge is 0.497 e. The van der Waals surface area contributed by atoms with Crippen LogP contribution in [0.4, 0.5) is 0 Å². The van der Waals surface area contributed by atoms with Crippen LogP contribution in [0.5, 0.6) is 11.5 Å². The predicted molar refractivity (Wildman–Crippen MR) is 128 cm³/mol. The number of nitrogens with zero attached hydrogens (tertiary/aromatic N) is 2. The van der Waals surface area contributed by atoms with E-state index < -0.39 is 0 Å². The fourth-order valence-corrected chi connectivity index (χ4v) is 3.79. The second kappa shape index (κ2) is 10.7. The summed E-state index contributed by atoms with van der Waals surface area (Å²) >= 11 is 0. The molecule has 0 radical (unpaired) electrons. The Balaban J connectivity index is 1.54. The molecule has 0 spiro atoms. The molecule has 1 N–H and O–H groups in total. The van der Waals surface area contributed by atoms with Gasteiger partial charge >= 0.3 is 0 Å². The van der Waals surface area contributed by atoms with Crippen molar-refractivity contribution in [3.8, 4) is 17.2 Å². The van der Waals surface area contributed by atoms with Crippen molar-refractivity contribution in [3.63, 3.8) is 0 Å². The normalized spacial score (nSPS) is 11.0. The topological polar surface area (TPSA) is 64.8 Å². The van der Waals surface area contributed by atoms with Gasteiger partial charge < -0.3 is 14.0 Å². The number of aryl methyl sites for hydroxylation is 3. The summed E-state index contributed by atoms with van der Waals surface area (Å²) in [6, 6.07) is 16.0. The average Bonchev–Trinajstić information content (AvgIpc) is 3.07. The molecule has 1 aromatic heterocycles. The molecular weight excluding hydrogens is 402 g/mol. The molecule has 1 amide bonds. The van der Waals surface area contributed by atoms with Crippen LogP contribution in [0, 0.1) is 20.8 Å². The van der Waals surface area contributed by atoms with Crippen molar-refractivity contribution >= 4 is 12.1 Å². The van der Waals surface area contributed by atoms with Crippen molar-refractivity contribution in [1.82, 2.24) is 9.99 Å². The van der Waals surface area contributed by atoms with Gasteiger partial charge in [-0.2, -0.15) is 5.10 Å². The summed E-state index contributed by atoms with van der Waals surface area (Å²) in [5.41, 5.74) is 9.22. The molecule has 0 aliphatic rings. The van der Waals surface area contributed by atoms with E-state index in [1.54, 1.807) is 20.4 Å². The summed E-state index contributed by atoms with van der Waals surface area (Å²) in [7, 11) is 3.32. The van der Waals surface area contributed by atoms with Crippen LogP contribution in [0.2, 0.25) is 0 Å². The first kappa shape index (κ1) is 23.1. The first-order chi connectivity index (χ1) is 15.4. The van der Waals surface area contributed by atoms with Gasteiger partial charge in [0.15, 0.2) is 0 Å². The minimum Gasteiger partial charge on any atom is -0.497 e. The summed E-state index contributed by atoms with van der Waals surface area (Å²) < 4.78 is 12.6. The summed E-state index contributed by atoms with van der Waals surface area (Å²) in [6.07, 6.45) is 3.73. The molecule has 1 heterocycles. The summed E-state index contributed by atoms with van der Waals surface area (Å²) in [5, 5.41) is 4.17. The lowest BCUT2D eigenvalue weighted by atomic mass is 10.0. The maximum atomic E-state index is 12.2. The third-order valence-electron chi connectivity index (χ3n) is 5.59. The standard InChI is InChI=1S/C26H31N3O3/c1-18-15-25(32-5)12-9-21(18)7-6-8-26(30)28-27-17-22-16-19(2)29(20(22)3)23-10-13-24(31-4)14-11-23/h9-17H,6-8H2,1-5H3,(H,28,30)/b27-17-. The van der Waals surface area contributed by atoms with Gasteiger partial charge in [0.1, 0.15) is 11.5 Å². The number of amides is 1. The van der Waals surface area contributed by atoms with E-state index in [1.807, 2.05) is 50.2 Å². The molecule has 0 saturated carbocycles. The van der Waals surface area contributed by atoms with Crippen LogP contribution in [-0.2, 0) is 11.2 Å². The summed E-state index contributed by atoms with van der Waals surface area (Å²) in [6.45, 7) is 6.15. The van der Waals surface area contributed by atoms with Crippen LogP contribution in [-0.4, -0.2) is 30.9 Å². The van der Waals surface area contributed by atoms with Gasteiger partial charge in [0, 0.05) is 29.1 Å². The molecule has 3 rings (SSSR count). The maximum absolute atomic E-state index is 12.2. The number of nitrogens with one attached hydrogen (secondary N) is 1. The molecule has 0 fully saturated rings. The van der Waals surface area contributed by atoms with Gasteiger partial charge in [-0.25, -0.2) is 5.43 Å². The van der Waals surface area contributed by atoms with Gasteiger partial charge in [-0.05, 0) is 87.2 Å². The zero-order chi connectivity index (χ0) is 23.1. The van der Waals surface area contributed by atoms with Gasteiger partial charge in [0.2, 0.25) is 5.91 Å². The Morgan fingerprint density at radius 3 is 2.34 bits per heavy atom. The van der Waals surface area contributed by atoms with E-state index >= 15 is 0 Å². The number of ether oxygens (including phenoxy) is 2. The van der Waals surface area contributed by atoms with Crippen molar-refractivity contribution in [2.45, 2.75) is 40.0 Å². The van der Waals surface area contributed by atoms with Crippen molar-refractivity contribution in [1.29, 1.82) is 0 Å².